The van der Waals surface area contributed by atoms with E-state index < -0.39 is 6.04 Å². The number of nitrogens with one attached hydrogen (secondary N) is 1. The second kappa shape index (κ2) is 7.99. The highest BCUT2D eigenvalue weighted by Crippen LogP contribution is 2.38. The molecule has 1 N–H and O–H groups in total. The van der Waals surface area contributed by atoms with Crippen LogP contribution in [0.4, 0.5) is 5.95 Å². The molecule has 2 heterocycles. The first-order valence-corrected chi connectivity index (χ1v) is 8.81. The third-order valence-electron chi connectivity index (χ3n) is 4.18. The van der Waals surface area contributed by atoms with Crippen molar-refractivity contribution in [1.29, 1.82) is 0 Å². The van der Waals surface area contributed by atoms with Crippen LogP contribution in [-0.4, -0.2) is 39.4 Å². The van der Waals surface area contributed by atoms with Crippen LogP contribution in [0.15, 0.2) is 35.5 Å². The summed E-state index contributed by atoms with van der Waals surface area (Å²) in [5.41, 5.74) is 1.96. The molecule has 0 aliphatic carbocycles. The quantitative estimate of drug-likeness (QED) is 0.602. The van der Waals surface area contributed by atoms with E-state index in [0.29, 0.717) is 36.2 Å². The summed E-state index contributed by atoms with van der Waals surface area (Å²) < 4.78 is 12.8. The number of hydrogen-bond acceptors (Lipinski definition) is 7. The Morgan fingerprint density at radius 3 is 2.88 bits per heavy atom. The number of aromatic nitrogens is 4. The van der Waals surface area contributed by atoms with Crippen LogP contribution in [0, 0.1) is 0 Å². The Kier molecular flexibility index (Phi) is 5.50. The van der Waals surface area contributed by atoms with Gasteiger partial charge in [-0.3, -0.25) is 0 Å². The first-order chi connectivity index (χ1) is 12.7. The van der Waals surface area contributed by atoms with Gasteiger partial charge in [0.05, 0.1) is 18.8 Å². The molecule has 138 valence electrons. The predicted octanol–water partition coefficient (Wildman–Crippen LogP) is 2.70. The Labute approximate surface area is 152 Å². The van der Waals surface area contributed by atoms with Gasteiger partial charge in [-0.05, 0) is 36.8 Å². The zero-order chi connectivity index (χ0) is 18.5. The van der Waals surface area contributed by atoms with Gasteiger partial charge in [-0.25, -0.2) is 4.79 Å². The number of fused-ring (bicyclic) bond motifs is 1. The highest BCUT2D eigenvalue weighted by molar-refractivity contribution is 5.92. The standard InChI is InChI=1S/C18H23N5O3/c1-4-6-11-26-17(24)15-12(3)19-18-20-21-22-23(18)16(15)13-9-7-8-10-14(13)25-5-2/h7-10,16H,4-6,11H2,1-3H3,(H,19,20,22)/t16-/m0/s1. The van der Waals surface area contributed by atoms with Crippen LogP contribution < -0.4 is 10.1 Å². The number of ether oxygens (including phenoxy) is 2. The van der Waals surface area contributed by atoms with Crippen LogP contribution in [0.25, 0.3) is 0 Å². The number of allylic oxidation sites excluding steroid dienone is 1. The lowest BCUT2D eigenvalue weighted by atomic mass is 9.95. The second-order valence-electron chi connectivity index (χ2n) is 5.97. The predicted molar refractivity (Wildman–Crippen MR) is 95.8 cm³/mol. The number of carbonyl (C=O) groups is 1. The summed E-state index contributed by atoms with van der Waals surface area (Å²) in [4.78, 5) is 12.8. The lowest BCUT2D eigenvalue weighted by molar-refractivity contribution is -0.139. The van der Waals surface area contributed by atoms with E-state index >= 15 is 0 Å². The lowest BCUT2D eigenvalue weighted by Crippen LogP contribution is -2.30. The first-order valence-electron chi connectivity index (χ1n) is 8.81. The summed E-state index contributed by atoms with van der Waals surface area (Å²) in [5.74, 6) is 0.791. The fraction of sp³-hybridized carbons (Fsp3) is 0.444. The van der Waals surface area contributed by atoms with Gasteiger partial charge in [0, 0.05) is 11.3 Å². The van der Waals surface area contributed by atoms with Gasteiger partial charge in [-0.15, -0.1) is 0 Å². The molecule has 0 radical (unpaired) electrons. The van der Waals surface area contributed by atoms with E-state index in [-0.39, 0.29) is 5.97 Å². The van der Waals surface area contributed by atoms with Gasteiger partial charge in [0.25, 0.3) is 0 Å². The average Bonchev–Trinajstić information content (AvgIpc) is 3.09. The van der Waals surface area contributed by atoms with E-state index in [0.717, 1.165) is 18.4 Å². The fourth-order valence-corrected chi connectivity index (χ4v) is 2.94. The number of benzene rings is 1. The van der Waals surface area contributed by atoms with Gasteiger partial charge in [-0.2, -0.15) is 4.68 Å². The molecule has 1 aromatic carbocycles. The zero-order valence-electron chi connectivity index (χ0n) is 15.2. The molecule has 1 aromatic heterocycles. The molecular formula is C18H23N5O3. The molecule has 0 saturated carbocycles. The molecule has 8 heteroatoms. The van der Waals surface area contributed by atoms with E-state index in [9.17, 15) is 4.79 Å². The summed E-state index contributed by atoms with van der Waals surface area (Å²) in [6.07, 6.45) is 1.78. The number of rotatable bonds is 7. The fourth-order valence-electron chi connectivity index (χ4n) is 2.94. The van der Waals surface area contributed by atoms with Crippen LogP contribution >= 0.6 is 0 Å². The van der Waals surface area contributed by atoms with E-state index in [1.807, 2.05) is 38.1 Å². The maximum absolute atomic E-state index is 12.8. The Hall–Kier alpha value is -2.90. The van der Waals surface area contributed by atoms with Crippen LogP contribution in [0.2, 0.25) is 0 Å². The number of tetrazole rings is 1. The van der Waals surface area contributed by atoms with Crippen molar-refractivity contribution in [3.63, 3.8) is 0 Å². The molecule has 8 nitrogen and oxygen atoms in total. The van der Waals surface area contributed by atoms with Crippen LogP contribution in [0.1, 0.15) is 45.2 Å². The molecule has 0 bridgehead atoms. The van der Waals surface area contributed by atoms with Gasteiger partial charge >= 0.3 is 5.97 Å². The van der Waals surface area contributed by atoms with Crippen LogP contribution in [0.3, 0.4) is 0 Å². The minimum absolute atomic E-state index is 0.374. The lowest BCUT2D eigenvalue weighted by Gasteiger charge is -2.28. The molecular weight excluding hydrogens is 334 g/mol. The van der Waals surface area contributed by atoms with Gasteiger partial charge < -0.3 is 14.8 Å². The molecule has 2 aromatic rings. The van der Waals surface area contributed by atoms with Crippen LogP contribution in [0.5, 0.6) is 5.75 Å². The number of nitrogens with zero attached hydrogens (tertiary/aromatic N) is 4. The molecule has 1 atom stereocenters. The molecule has 0 fully saturated rings. The maximum atomic E-state index is 12.8. The summed E-state index contributed by atoms with van der Waals surface area (Å²) in [6.45, 7) is 6.69. The van der Waals surface area contributed by atoms with Crippen molar-refractivity contribution in [2.24, 2.45) is 0 Å². The molecule has 0 amide bonds. The van der Waals surface area contributed by atoms with E-state index in [1.54, 1.807) is 4.68 Å². The third-order valence-corrected chi connectivity index (χ3v) is 4.18. The van der Waals surface area contributed by atoms with Crippen molar-refractivity contribution in [3.8, 4) is 5.75 Å². The van der Waals surface area contributed by atoms with Gasteiger partial charge in [0.1, 0.15) is 11.8 Å². The minimum Gasteiger partial charge on any atom is -0.494 e. The van der Waals surface area contributed by atoms with E-state index in [2.05, 4.69) is 27.8 Å². The van der Waals surface area contributed by atoms with Crippen molar-refractivity contribution < 1.29 is 14.3 Å². The van der Waals surface area contributed by atoms with E-state index in [4.69, 9.17) is 9.47 Å². The van der Waals surface area contributed by atoms with E-state index in [1.165, 1.54) is 0 Å². The molecule has 0 unspecified atom stereocenters. The molecule has 0 spiro atoms. The Balaban J connectivity index is 2.05. The number of hydrogen-bond donors (Lipinski definition) is 1. The number of unbranched alkanes of at least 4 members (excludes halogenated alkanes) is 1. The number of para-hydroxylation sites is 1. The molecule has 26 heavy (non-hydrogen) atoms. The molecule has 1 aliphatic rings. The van der Waals surface area contributed by atoms with Crippen molar-refractivity contribution in [3.05, 3.63) is 41.1 Å². The number of anilines is 1. The van der Waals surface area contributed by atoms with Gasteiger partial charge in [-0.1, -0.05) is 36.6 Å². The number of carbonyl (C=O) groups excluding carboxylic acids is 1. The summed E-state index contributed by atoms with van der Waals surface area (Å²) in [7, 11) is 0. The molecule has 1 aliphatic heterocycles. The molecule has 0 saturated heterocycles. The monoisotopic (exact) mass is 357 g/mol. The van der Waals surface area contributed by atoms with Crippen molar-refractivity contribution in [2.45, 2.75) is 39.7 Å². The number of esters is 1. The van der Waals surface area contributed by atoms with Crippen molar-refractivity contribution in [2.75, 3.05) is 18.5 Å². The first kappa shape index (κ1) is 17.9. The minimum atomic E-state index is -0.516. The summed E-state index contributed by atoms with van der Waals surface area (Å²) >= 11 is 0. The topological polar surface area (TPSA) is 91.2 Å². The normalized spacial score (nSPS) is 16.0. The molecule has 3 rings (SSSR count). The zero-order valence-corrected chi connectivity index (χ0v) is 15.2. The van der Waals surface area contributed by atoms with Crippen molar-refractivity contribution >= 4 is 11.9 Å². The van der Waals surface area contributed by atoms with Gasteiger partial charge in [0.2, 0.25) is 5.95 Å². The second-order valence-corrected chi connectivity index (χ2v) is 5.97. The smallest absolute Gasteiger partial charge is 0.338 e. The Morgan fingerprint density at radius 2 is 2.12 bits per heavy atom. The Morgan fingerprint density at radius 1 is 1.31 bits per heavy atom. The SMILES string of the molecule is CCCCOC(=O)C1=C(C)Nc2nnnn2[C@H]1c1ccccc1OCC. The van der Waals surface area contributed by atoms with Crippen molar-refractivity contribution in [1.82, 2.24) is 20.2 Å². The van der Waals surface area contributed by atoms with Gasteiger partial charge in [0.15, 0.2) is 0 Å². The summed E-state index contributed by atoms with van der Waals surface area (Å²) in [6, 6.07) is 7.07. The Bertz CT molecular complexity index is 815. The summed E-state index contributed by atoms with van der Waals surface area (Å²) in [5, 5.41) is 14.9. The van der Waals surface area contributed by atoms with Crippen LogP contribution in [-0.2, 0) is 9.53 Å². The highest BCUT2D eigenvalue weighted by atomic mass is 16.5. The largest absolute Gasteiger partial charge is 0.494 e. The highest BCUT2D eigenvalue weighted by Gasteiger charge is 2.36. The maximum Gasteiger partial charge on any atom is 0.338 e. The average molecular weight is 357 g/mol. The third kappa shape index (κ3) is 3.40.